The van der Waals surface area contributed by atoms with E-state index in [0.29, 0.717) is 17.8 Å². The molecule has 0 aliphatic heterocycles. The van der Waals surface area contributed by atoms with Crippen LogP contribution in [-0.4, -0.2) is 17.2 Å². The van der Waals surface area contributed by atoms with Crippen molar-refractivity contribution in [2.75, 3.05) is 0 Å². The predicted molar refractivity (Wildman–Crippen MR) is 71.8 cm³/mol. The molecule has 0 spiro atoms. The zero-order chi connectivity index (χ0) is 13.0. The Morgan fingerprint density at radius 2 is 1.78 bits per heavy atom. The summed E-state index contributed by atoms with van der Waals surface area (Å²) < 4.78 is 5.62. The van der Waals surface area contributed by atoms with Gasteiger partial charge in [0, 0.05) is 5.46 Å². The van der Waals surface area contributed by atoms with Crippen LogP contribution >= 0.6 is 0 Å². The second kappa shape index (κ2) is 5.71. The van der Waals surface area contributed by atoms with Crippen LogP contribution in [0.15, 0.2) is 48.5 Å². The van der Waals surface area contributed by atoms with Gasteiger partial charge in [-0.2, -0.15) is 0 Å². The highest BCUT2D eigenvalue weighted by Crippen LogP contribution is 2.12. The third-order valence-electron chi connectivity index (χ3n) is 2.68. The maximum atomic E-state index is 9.30. The molecule has 0 bridgehead atoms. The van der Waals surface area contributed by atoms with Gasteiger partial charge in [0.15, 0.2) is 0 Å². The second-order valence-electron chi connectivity index (χ2n) is 4.19. The summed E-state index contributed by atoms with van der Waals surface area (Å²) in [5, 5.41) is 18.6. The van der Waals surface area contributed by atoms with Crippen molar-refractivity contribution in [3.63, 3.8) is 0 Å². The van der Waals surface area contributed by atoms with Crippen molar-refractivity contribution in [3.8, 4) is 5.75 Å². The van der Waals surface area contributed by atoms with E-state index in [9.17, 15) is 10.0 Å². The van der Waals surface area contributed by atoms with Crippen molar-refractivity contribution < 1.29 is 14.8 Å². The molecule has 4 heteroatoms. The Hall–Kier alpha value is -1.78. The molecule has 0 radical (unpaired) electrons. The minimum atomic E-state index is -1.52. The number of rotatable bonds is 4. The Balaban J connectivity index is 2.14. The largest absolute Gasteiger partial charge is 0.492 e. The topological polar surface area (TPSA) is 49.7 Å². The van der Waals surface area contributed by atoms with E-state index >= 15 is 0 Å². The van der Waals surface area contributed by atoms with Crippen molar-refractivity contribution in [2.24, 2.45) is 0 Å². The van der Waals surface area contributed by atoms with Gasteiger partial charge in [-0.3, -0.25) is 0 Å². The molecular formula is C14H15BO3. The summed E-state index contributed by atoms with van der Waals surface area (Å²) in [6, 6.07) is 15.1. The molecule has 3 nitrogen and oxygen atoms in total. The second-order valence-corrected chi connectivity index (χ2v) is 4.19. The van der Waals surface area contributed by atoms with Crippen LogP contribution in [0.1, 0.15) is 11.1 Å². The molecule has 0 aliphatic carbocycles. The van der Waals surface area contributed by atoms with Gasteiger partial charge in [-0.1, -0.05) is 48.0 Å². The lowest BCUT2D eigenvalue weighted by Crippen LogP contribution is -2.31. The fourth-order valence-electron chi connectivity index (χ4n) is 1.74. The molecule has 0 atom stereocenters. The normalized spacial score (nSPS) is 10.2. The average Bonchev–Trinajstić information content (AvgIpc) is 2.38. The van der Waals surface area contributed by atoms with Crippen molar-refractivity contribution >= 4 is 12.6 Å². The molecule has 0 unspecified atom stereocenters. The highest BCUT2D eigenvalue weighted by Gasteiger charge is 2.17. The van der Waals surface area contributed by atoms with Crippen LogP contribution in [0.4, 0.5) is 0 Å². The van der Waals surface area contributed by atoms with E-state index < -0.39 is 7.12 Å². The summed E-state index contributed by atoms with van der Waals surface area (Å²) >= 11 is 0. The summed E-state index contributed by atoms with van der Waals surface area (Å²) in [5.74, 6) is 0.499. The summed E-state index contributed by atoms with van der Waals surface area (Å²) in [7, 11) is -1.52. The standard InChI is InChI=1S/C14H15BO3/c1-11-7-8-14(13(9-11)15(16)17)18-10-12-5-3-2-4-6-12/h2-9,16-17H,10H2,1H3. The van der Waals surface area contributed by atoms with E-state index in [2.05, 4.69) is 0 Å². The summed E-state index contributed by atoms with van der Waals surface area (Å²) in [5.41, 5.74) is 2.40. The fraction of sp³-hybridized carbons (Fsp3) is 0.143. The predicted octanol–water partition coefficient (Wildman–Crippen LogP) is 1.25. The van der Waals surface area contributed by atoms with E-state index in [1.165, 1.54) is 0 Å². The van der Waals surface area contributed by atoms with E-state index in [4.69, 9.17) is 4.74 Å². The van der Waals surface area contributed by atoms with Gasteiger partial charge in [0.1, 0.15) is 12.4 Å². The molecule has 18 heavy (non-hydrogen) atoms. The van der Waals surface area contributed by atoms with Gasteiger partial charge in [-0.05, 0) is 18.6 Å². The van der Waals surface area contributed by atoms with Crippen LogP contribution in [0.2, 0.25) is 0 Å². The van der Waals surface area contributed by atoms with E-state index in [-0.39, 0.29) is 0 Å². The fourth-order valence-corrected chi connectivity index (χ4v) is 1.74. The molecule has 0 heterocycles. The van der Waals surface area contributed by atoms with Gasteiger partial charge in [0.25, 0.3) is 0 Å². The van der Waals surface area contributed by atoms with Gasteiger partial charge in [0.05, 0.1) is 0 Å². The van der Waals surface area contributed by atoms with Gasteiger partial charge in [-0.25, -0.2) is 0 Å². The molecular weight excluding hydrogens is 227 g/mol. The molecule has 92 valence electrons. The van der Waals surface area contributed by atoms with Crippen molar-refractivity contribution in [1.29, 1.82) is 0 Å². The van der Waals surface area contributed by atoms with Gasteiger partial charge < -0.3 is 14.8 Å². The Morgan fingerprint density at radius 3 is 2.44 bits per heavy atom. The number of hydrogen-bond donors (Lipinski definition) is 2. The molecule has 0 saturated carbocycles. The lowest BCUT2D eigenvalue weighted by molar-refractivity contribution is 0.306. The molecule has 0 aromatic heterocycles. The first kappa shape index (κ1) is 12.7. The zero-order valence-electron chi connectivity index (χ0n) is 10.2. The zero-order valence-corrected chi connectivity index (χ0v) is 10.2. The third kappa shape index (κ3) is 3.12. The maximum absolute atomic E-state index is 9.30. The molecule has 2 N–H and O–H groups in total. The average molecular weight is 242 g/mol. The lowest BCUT2D eigenvalue weighted by atomic mass is 9.79. The quantitative estimate of drug-likeness (QED) is 0.793. The smallest absolute Gasteiger partial charge is 0.489 e. The van der Waals surface area contributed by atoms with Crippen molar-refractivity contribution in [3.05, 3.63) is 59.7 Å². The first-order valence-corrected chi connectivity index (χ1v) is 5.80. The van der Waals surface area contributed by atoms with Crippen molar-refractivity contribution in [1.82, 2.24) is 0 Å². The molecule has 0 fully saturated rings. The number of aryl methyl sites for hydroxylation is 1. The summed E-state index contributed by atoms with van der Waals surface area (Å²) in [6.07, 6.45) is 0. The molecule has 0 aliphatic rings. The highest BCUT2D eigenvalue weighted by molar-refractivity contribution is 6.59. The molecule has 0 amide bonds. The van der Waals surface area contributed by atoms with Crippen LogP contribution in [-0.2, 0) is 6.61 Å². The van der Waals surface area contributed by atoms with Gasteiger partial charge in [0.2, 0.25) is 0 Å². The molecule has 2 aromatic rings. The summed E-state index contributed by atoms with van der Waals surface area (Å²) in [6.45, 7) is 2.30. The Morgan fingerprint density at radius 1 is 1.06 bits per heavy atom. The molecule has 2 rings (SSSR count). The minimum absolute atomic E-state index is 0.394. The SMILES string of the molecule is Cc1ccc(OCc2ccccc2)c(B(O)O)c1. The number of hydrogen-bond acceptors (Lipinski definition) is 3. The number of ether oxygens (including phenoxy) is 1. The van der Waals surface area contributed by atoms with Crippen LogP contribution in [0.5, 0.6) is 5.75 Å². The molecule has 0 saturated heterocycles. The first-order chi connectivity index (χ1) is 8.66. The third-order valence-corrected chi connectivity index (χ3v) is 2.68. The van der Waals surface area contributed by atoms with E-state index in [1.54, 1.807) is 12.1 Å². The van der Waals surface area contributed by atoms with E-state index in [1.807, 2.05) is 43.3 Å². The monoisotopic (exact) mass is 242 g/mol. The maximum Gasteiger partial charge on any atom is 0.492 e. The number of benzene rings is 2. The Labute approximate surface area is 107 Å². The highest BCUT2D eigenvalue weighted by atomic mass is 16.5. The Bertz CT molecular complexity index is 512. The van der Waals surface area contributed by atoms with Gasteiger partial charge >= 0.3 is 7.12 Å². The van der Waals surface area contributed by atoms with Crippen molar-refractivity contribution in [2.45, 2.75) is 13.5 Å². The molecule has 2 aromatic carbocycles. The lowest BCUT2D eigenvalue weighted by Gasteiger charge is -2.12. The van der Waals surface area contributed by atoms with Crippen LogP contribution in [0, 0.1) is 6.92 Å². The van der Waals surface area contributed by atoms with Crippen LogP contribution in [0.3, 0.4) is 0 Å². The van der Waals surface area contributed by atoms with Gasteiger partial charge in [-0.15, -0.1) is 0 Å². The Kier molecular flexibility index (Phi) is 4.02. The van der Waals surface area contributed by atoms with E-state index in [0.717, 1.165) is 11.1 Å². The van der Waals surface area contributed by atoms with Crippen LogP contribution < -0.4 is 10.2 Å². The van der Waals surface area contributed by atoms with Crippen LogP contribution in [0.25, 0.3) is 0 Å². The minimum Gasteiger partial charge on any atom is -0.489 e. The summed E-state index contributed by atoms with van der Waals surface area (Å²) in [4.78, 5) is 0. The first-order valence-electron chi connectivity index (χ1n) is 5.80.